The highest BCUT2D eigenvalue weighted by molar-refractivity contribution is 5.67. The molecule has 0 amide bonds. The van der Waals surface area contributed by atoms with Crippen LogP contribution in [0.2, 0.25) is 0 Å². The van der Waals surface area contributed by atoms with Crippen LogP contribution in [-0.4, -0.2) is 67.9 Å². The second-order valence-electron chi connectivity index (χ2n) is 5.79. The molecule has 0 spiro atoms. The number of piperazine rings is 1. The lowest BCUT2D eigenvalue weighted by Gasteiger charge is -2.41. The highest BCUT2D eigenvalue weighted by Gasteiger charge is 2.26. The van der Waals surface area contributed by atoms with E-state index in [0.717, 1.165) is 36.3 Å². The molecule has 20 heavy (non-hydrogen) atoms. The summed E-state index contributed by atoms with van der Waals surface area (Å²) in [5, 5.41) is 12.7. The average molecular weight is 301 g/mol. The molecule has 5 nitrogen and oxygen atoms in total. The Morgan fingerprint density at radius 2 is 2.00 bits per heavy atom. The minimum atomic E-state index is 0. The molecular weight excluding hydrogens is 276 g/mol. The summed E-state index contributed by atoms with van der Waals surface area (Å²) in [6, 6.07) is 5.06. The average Bonchev–Trinajstić information content (AvgIpc) is 2.36. The van der Waals surface area contributed by atoms with Crippen LogP contribution in [-0.2, 0) is 0 Å². The molecule has 0 saturated carbocycles. The van der Waals surface area contributed by atoms with Crippen LogP contribution in [0, 0.1) is 0 Å². The Morgan fingerprint density at radius 3 is 2.60 bits per heavy atom. The van der Waals surface area contributed by atoms with Crippen molar-refractivity contribution in [3.8, 4) is 5.75 Å². The molecule has 1 aliphatic rings. The number of anilines is 2. The molecule has 2 rings (SSSR count). The van der Waals surface area contributed by atoms with Gasteiger partial charge in [-0.25, -0.2) is 0 Å². The first-order valence-electron chi connectivity index (χ1n) is 6.83. The first kappa shape index (κ1) is 16.9. The fourth-order valence-corrected chi connectivity index (χ4v) is 2.44. The zero-order valence-corrected chi connectivity index (χ0v) is 13.0. The van der Waals surface area contributed by atoms with Gasteiger partial charge in [-0.3, -0.25) is 4.90 Å². The number of hydrogen-bond donors (Lipinski definition) is 3. The number of phenols is 1. The van der Waals surface area contributed by atoms with Gasteiger partial charge in [0.05, 0.1) is 44.6 Å². The Kier molecular flexibility index (Phi) is 5.92. The van der Waals surface area contributed by atoms with Crippen molar-refractivity contribution in [2.24, 2.45) is 0 Å². The molecule has 0 atom stereocenters. The van der Waals surface area contributed by atoms with Crippen molar-refractivity contribution in [3.05, 3.63) is 18.2 Å². The fourth-order valence-electron chi connectivity index (χ4n) is 2.44. The molecular formula is C14H25ClN4O. The van der Waals surface area contributed by atoms with Gasteiger partial charge >= 0.3 is 0 Å². The minimum Gasteiger partial charge on any atom is -1.00 e. The van der Waals surface area contributed by atoms with Gasteiger partial charge < -0.3 is 33.0 Å². The Morgan fingerprint density at radius 1 is 1.35 bits per heavy atom. The maximum absolute atomic E-state index is 9.32. The van der Waals surface area contributed by atoms with Crippen LogP contribution >= 0.6 is 0 Å². The Bertz CT molecular complexity index is 433. The summed E-state index contributed by atoms with van der Waals surface area (Å²) in [7, 11) is 4.49. The number of aromatic hydroxyl groups is 1. The molecule has 1 aromatic rings. The van der Waals surface area contributed by atoms with E-state index in [-0.39, 0.29) is 18.2 Å². The molecule has 1 heterocycles. The Labute approximate surface area is 127 Å². The Balaban J connectivity index is 0.00000200. The number of nitrogens with zero attached hydrogens (tertiary/aromatic N) is 2. The third-order valence-corrected chi connectivity index (χ3v) is 4.05. The van der Waals surface area contributed by atoms with Crippen molar-refractivity contribution in [2.45, 2.75) is 0 Å². The number of nitrogens with two attached hydrogens (primary N) is 1. The molecule has 0 aliphatic carbocycles. The van der Waals surface area contributed by atoms with Crippen molar-refractivity contribution in [3.63, 3.8) is 0 Å². The van der Waals surface area contributed by atoms with Gasteiger partial charge in [-0.15, -0.1) is 0 Å². The van der Waals surface area contributed by atoms with Crippen molar-refractivity contribution < 1.29 is 22.0 Å². The van der Waals surface area contributed by atoms with E-state index in [1.165, 1.54) is 13.1 Å². The van der Waals surface area contributed by atoms with E-state index in [2.05, 4.69) is 24.3 Å². The number of halogens is 1. The largest absolute Gasteiger partial charge is 1.00 e. The van der Waals surface area contributed by atoms with E-state index >= 15 is 0 Å². The first-order chi connectivity index (χ1) is 8.98. The van der Waals surface area contributed by atoms with Crippen molar-refractivity contribution in [2.75, 3.05) is 64.4 Å². The summed E-state index contributed by atoms with van der Waals surface area (Å²) in [5.74, 6) is 0.209. The molecule has 1 aromatic carbocycles. The predicted molar refractivity (Wildman–Crippen MR) is 79.3 cm³/mol. The molecule has 4 N–H and O–H groups in total. The molecule has 1 aliphatic heterocycles. The predicted octanol–water partition coefficient (Wildman–Crippen LogP) is -2.22. The number of likely N-dealkylation sites (N-methyl/N-ethyl adjacent to an activating group) is 2. The summed E-state index contributed by atoms with van der Waals surface area (Å²) in [5.41, 5.74) is 7.36. The second kappa shape index (κ2) is 7.02. The summed E-state index contributed by atoms with van der Waals surface area (Å²) in [6.07, 6.45) is 0. The minimum absolute atomic E-state index is 0. The zero-order chi connectivity index (χ0) is 13.9. The van der Waals surface area contributed by atoms with E-state index < -0.39 is 0 Å². The van der Waals surface area contributed by atoms with Gasteiger partial charge in [0.15, 0.2) is 0 Å². The van der Waals surface area contributed by atoms with Crippen LogP contribution in [0.15, 0.2) is 18.2 Å². The van der Waals surface area contributed by atoms with E-state index in [0.29, 0.717) is 5.69 Å². The third kappa shape index (κ3) is 4.44. The number of quaternary nitrogens is 1. The molecule has 1 saturated heterocycles. The van der Waals surface area contributed by atoms with Crippen LogP contribution in [0.1, 0.15) is 0 Å². The second-order valence-corrected chi connectivity index (χ2v) is 5.79. The van der Waals surface area contributed by atoms with Gasteiger partial charge in [0.1, 0.15) is 5.75 Å². The summed E-state index contributed by atoms with van der Waals surface area (Å²) in [4.78, 5) is 2.38. The molecule has 114 valence electrons. The highest BCUT2D eigenvalue weighted by Crippen LogP contribution is 2.23. The number of hydrogen-bond acceptors (Lipinski definition) is 4. The van der Waals surface area contributed by atoms with E-state index in [9.17, 15) is 5.11 Å². The van der Waals surface area contributed by atoms with Crippen LogP contribution in [0.25, 0.3) is 0 Å². The van der Waals surface area contributed by atoms with Crippen LogP contribution in [0.3, 0.4) is 0 Å². The van der Waals surface area contributed by atoms with Gasteiger partial charge in [-0.2, -0.15) is 0 Å². The lowest BCUT2D eigenvalue weighted by atomic mass is 10.2. The Hall–Kier alpha value is -1.17. The maximum atomic E-state index is 9.32. The lowest BCUT2D eigenvalue weighted by molar-refractivity contribution is -0.911. The normalized spacial score (nSPS) is 18.3. The summed E-state index contributed by atoms with van der Waals surface area (Å²) < 4.78 is 1.11. The summed E-state index contributed by atoms with van der Waals surface area (Å²) in [6.45, 7) is 6.71. The fraction of sp³-hybridized carbons (Fsp3) is 0.571. The van der Waals surface area contributed by atoms with E-state index in [1.807, 2.05) is 6.07 Å². The zero-order valence-electron chi connectivity index (χ0n) is 12.3. The van der Waals surface area contributed by atoms with Gasteiger partial charge in [0.2, 0.25) is 0 Å². The number of phenolic OH excluding ortho intramolecular Hbond substituents is 1. The maximum Gasteiger partial charge on any atom is 0.117 e. The van der Waals surface area contributed by atoms with Crippen LogP contribution in [0.4, 0.5) is 11.4 Å². The lowest BCUT2D eigenvalue weighted by Crippen LogP contribution is -3.00. The number of nitrogens with one attached hydrogen (secondary N) is 1. The number of nitrogen functional groups attached to an aromatic ring is 1. The molecule has 0 aromatic heterocycles. The highest BCUT2D eigenvalue weighted by atomic mass is 35.5. The number of benzene rings is 1. The first-order valence-corrected chi connectivity index (χ1v) is 6.83. The molecule has 0 bridgehead atoms. The molecule has 1 fully saturated rings. The van der Waals surface area contributed by atoms with Crippen molar-refractivity contribution >= 4 is 11.4 Å². The van der Waals surface area contributed by atoms with Crippen molar-refractivity contribution in [1.29, 1.82) is 0 Å². The smallest absolute Gasteiger partial charge is 0.117 e. The van der Waals surface area contributed by atoms with Gasteiger partial charge in [-0.05, 0) is 19.2 Å². The topological polar surface area (TPSA) is 61.5 Å². The standard InChI is InChI=1S/C14H24N4O.ClH/c1-17-6-9-18(2,10-7-17)8-5-16-14-4-3-12(19)11-13(14)15;/h3-4,11,16H,5-10,15H2,1-2H3;1H. The quantitative estimate of drug-likeness (QED) is 0.335. The molecule has 0 radical (unpaired) electrons. The van der Waals surface area contributed by atoms with E-state index in [4.69, 9.17) is 5.73 Å². The van der Waals surface area contributed by atoms with Crippen LogP contribution < -0.4 is 23.5 Å². The van der Waals surface area contributed by atoms with Gasteiger partial charge in [0.25, 0.3) is 0 Å². The summed E-state index contributed by atoms with van der Waals surface area (Å²) >= 11 is 0. The van der Waals surface area contributed by atoms with Crippen molar-refractivity contribution in [1.82, 2.24) is 4.90 Å². The van der Waals surface area contributed by atoms with Gasteiger partial charge in [-0.1, -0.05) is 0 Å². The molecule has 6 heteroatoms. The van der Waals surface area contributed by atoms with E-state index in [1.54, 1.807) is 12.1 Å². The molecule has 0 unspecified atom stereocenters. The SMILES string of the molecule is CN1CC[N+](C)(CCNc2ccc(O)cc2N)CC1.[Cl-]. The number of rotatable bonds is 4. The van der Waals surface area contributed by atoms with Gasteiger partial charge in [0, 0.05) is 19.2 Å². The van der Waals surface area contributed by atoms with Crippen LogP contribution in [0.5, 0.6) is 5.75 Å². The third-order valence-electron chi connectivity index (χ3n) is 4.05. The monoisotopic (exact) mass is 300 g/mol.